The summed E-state index contributed by atoms with van der Waals surface area (Å²) in [5.41, 5.74) is 1.14. The molecule has 1 aromatic carbocycles. The summed E-state index contributed by atoms with van der Waals surface area (Å²) in [7, 11) is 0. The van der Waals surface area contributed by atoms with E-state index in [1.807, 2.05) is 0 Å². The van der Waals surface area contributed by atoms with E-state index in [1.54, 1.807) is 24.3 Å². The standard InChI is InChI=1S/C9H6BrNO3/c10-7-5-3-1-2-4-6(5)8(12)11(7)9(13)14/h1-4,7H,(H,13,14). The van der Waals surface area contributed by atoms with E-state index in [9.17, 15) is 9.59 Å². The number of halogens is 1. The maximum atomic E-state index is 11.6. The van der Waals surface area contributed by atoms with E-state index in [1.165, 1.54) is 0 Å². The Balaban J connectivity index is 2.53. The van der Waals surface area contributed by atoms with Gasteiger partial charge in [-0.15, -0.1) is 0 Å². The van der Waals surface area contributed by atoms with E-state index in [0.717, 1.165) is 4.90 Å². The van der Waals surface area contributed by atoms with Gasteiger partial charge in [-0.1, -0.05) is 34.1 Å². The quantitative estimate of drug-likeness (QED) is 0.571. The predicted octanol–water partition coefficient (Wildman–Crippen LogP) is 2.21. The van der Waals surface area contributed by atoms with Crippen LogP contribution < -0.4 is 0 Å². The van der Waals surface area contributed by atoms with Gasteiger partial charge in [0.15, 0.2) is 0 Å². The Morgan fingerprint density at radius 3 is 2.64 bits per heavy atom. The van der Waals surface area contributed by atoms with Crippen LogP contribution in [0.4, 0.5) is 4.79 Å². The molecule has 0 spiro atoms. The Labute approximate surface area is 88.3 Å². The summed E-state index contributed by atoms with van der Waals surface area (Å²) in [6.45, 7) is 0. The first-order valence-corrected chi connectivity index (χ1v) is 4.84. The van der Waals surface area contributed by atoms with Gasteiger partial charge in [0.1, 0.15) is 4.95 Å². The maximum absolute atomic E-state index is 11.6. The molecule has 1 N–H and O–H groups in total. The molecule has 1 unspecified atom stereocenters. The summed E-state index contributed by atoms with van der Waals surface area (Å²) >= 11 is 3.17. The first-order chi connectivity index (χ1) is 6.63. The van der Waals surface area contributed by atoms with Gasteiger partial charge in [0.05, 0.1) is 0 Å². The van der Waals surface area contributed by atoms with E-state index >= 15 is 0 Å². The number of benzene rings is 1. The monoisotopic (exact) mass is 255 g/mol. The van der Waals surface area contributed by atoms with Crippen LogP contribution in [0.2, 0.25) is 0 Å². The number of hydrogen-bond acceptors (Lipinski definition) is 2. The van der Waals surface area contributed by atoms with Gasteiger partial charge >= 0.3 is 6.09 Å². The second-order valence-corrected chi connectivity index (χ2v) is 3.75. The smallest absolute Gasteiger partial charge is 0.415 e. The van der Waals surface area contributed by atoms with Gasteiger partial charge < -0.3 is 5.11 Å². The molecule has 2 rings (SSSR count). The Morgan fingerprint density at radius 1 is 1.43 bits per heavy atom. The molecule has 0 fully saturated rings. The Bertz CT molecular complexity index is 418. The van der Waals surface area contributed by atoms with E-state index in [4.69, 9.17) is 5.11 Å². The molecular formula is C9H6BrNO3. The van der Waals surface area contributed by atoms with Gasteiger partial charge in [0.25, 0.3) is 5.91 Å². The largest absolute Gasteiger partial charge is 0.465 e. The highest BCUT2D eigenvalue weighted by atomic mass is 79.9. The first kappa shape index (κ1) is 9.21. The Hall–Kier alpha value is -1.36. The van der Waals surface area contributed by atoms with Crippen LogP contribution in [0.25, 0.3) is 0 Å². The summed E-state index contributed by atoms with van der Waals surface area (Å²) in [6, 6.07) is 6.83. The Kier molecular flexibility index (Phi) is 2.03. The molecule has 1 aliphatic rings. The van der Waals surface area contributed by atoms with E-state index in [0.29, 0.717) is 11.1 Å². The number of nitrogens with zero attached hydrogens (tertiary/aromatic N) is 1. The van der Waals surface area contributed by atoms with Crippen molar-refractivity contribution >= 4 is 27.9 Å². The summed E-state index contributed by atoms with van der Waals surface area (Å²) in [5.74, 6) is -0.477. The molecule has 1 atom stereocenters. The molecule has 1 aliphatic heterocycles. The minimum atomic E-state index is -1.24. The second kappa shape index (κ2) is 3.09. The van der Waals surface area contributed by atoms with Gasteiger partial charge in [0, 0.05) is 5.56 Å². The lowest BCUT2D eigenvalue weighted by Gasteiger charge is -2.13. The number of amides is 2. The minimum Gasteiger partial charge on any atom is -0.465 e. The summed E-state index contributed by atoms with van der Waals surface area (Å²) in [4.78, 5) is 22.5. The molecule has 0 aromatic heterocycles. The SMILES string of the molecule is O=C(O)N1C(=O)c2ccccc2C1Br. The van der Waals surface area contributed by atoms with Crippen molar-refractivity contribution in [2.75, 3.05) is 0 Å². The lowest BCUT2D eigenvalue weighted by atomic mass is 10.1. The number of carboxylic acid groups (broad SMARTS) is 1. The number of carbonyl (C=O) groups excluding carboxylic acids is 1. The fraction of sp³-hybridized carbons (Fsp3) is 0.111. The zero-order chi connectivity index (χ0) is 10.3. The molecule has 0 saturated carbocycles. The van der Waals surface area contributed by atoms with Crippen LogP contribution in [0.5, 0.6) is 0 Å². The summed E-state index contributed by atoms with van der Waals surface area (Å²) < 4.78 is 0. The van der Waals surface area contributed by atoms with E-state index < -0.39 is 17.0 Å². The van der Waals surface area contributed by atoms with Gasteiger partial charge in [-0.05, 0) is 11.6 Å². The van der Waals surface area contributed by atoms with E-state index in [-0.39, 0.29) is 0 Å². The van der Waals surface area contributed by atoms with Crippen molar-refractivity contribution < 1.29 is 14.7 Å². The predicted molar refractivity (Wildman–Crippen MR) is 52.3 cm³/mol. The number of rotatable bonds is 0. The third-order valence-electron chi connectivity index (χ3n) is 2.10. The van der Waals surface area contributed by atoms with Crippen molar-refractivity contribution in [1.29, 1.82) is 0 Å². The molecule has 1 aromatic rings. The van der Waals surface area contributed by atoms with Crippen LogP contribution in [0.3, 0.4) is 0 Å². The highest BCUT2D eigenvalue weighted by Gasteiger charge is 2.38. The average Bonchev–Trinajstić information content (AvgIpc) is 2.41. The van der Waals surface area contributed by atoms with Crippen molar-refractivity contribution in [2.24, 2.45) is 0 Å². The van der Waals surface area contributed by atoms with Gasteiger partial charge in [0.2, 0.25) is 0 Å². The van der Waals surface area contributed by atoms with Gasteiger partial charge in [-0.3, -0.25) is 4.79 Å². The molecule has 4 nitrogen and oxygen atoms in total. The molecule has 2 amide bonds. The zero-order valence-corrected chi connectivity index (χ0v) is 8.56. The number of imide groups is 1. The second-order valence-electron chi connectivity index (χ2n) is 2.88. The lowest BCUT2D eigenvalue weighted by Crippen LogP contribution is -2.30. The molecule has 0 radical (unpaired) electrons. The van der Waals surface area contributed by atoms with Crippen LogP contribution in [-0.2, 0) is 0 Å². The van der Waals surface area contributed by atoms with Crippen molar-refractivity contribution in [3.63, 3.8) is 0 Å². The highest BCUT2D eigenvalue weighted by Crippen LogP contribution is 2.37. The van der Waals surface area contributed by atoms with Gasteiger partial charge in [-0.2, -0.15) is 0 Å². The van der Waals surface area contributed by atoms with Crippen molar-refractivity contribution in [3.8, 4) is 0 Å². The summed E-state index contributed by atoms with van der Waals surface area (Å²) in [5, 5.41) is 8.80. The average molecular weight is 256 g/mol. The number of carbonyl (C=O) groups is 2. The molecule has 72 valence electrons. The first-order valence-electron chi connectivity index (χ1n) is 3.92. The molecule has 0 bridgehead atoms. The van der Waals surface area contributed by atoms with Crippen molar-refractivity contribution in [3.05, 3.63) is 35.4 Å². The number of alkyl halides is 1. The third kappa shape index (κ3) is 1.13. The molecule has 5 heteroatoms. The number of fused-ring (bicyclic) bond motifs is 1. The van der Waals surface area contributed by atoms with Crippen LogP contribution in [-0.4, -0.2) is 22.0 Å². The minimum absolute atomic E-state index is 0.441. The zero-order valence-electron chi connectivity index (χ0n) is 6.98. The van der Waals surface area contributed by atoms with Crippen LogP contribution >= 0.6 is 15.9 Å². The molecular weight excluding hydrogens is 250 g/mol. The van der Waals surface area contributed by atoms with Gasteiger partial charge in [-0.25, -0.2) is 9.69 Å². The topological polar surface area (TPSA) is 57.6 Å². The molecule has 14 heavy (non-hydrogen) atoms. The third-order valence-corrected chi connectivity index (χ3v) is 3.00. The molecule has 0 saturated heterocycles. The molecule has 0 aliphatic carbocycles. The van der Waals surface area contributed by atoms with E-state index in [2.05, 4.69) is 15.9 Å². The Morgan fingerprint density at radius 2 is 2.07 bits per heavy atom. The van der Waals surface area contributed by atoms with Crippen molar-refractivity contribution in [2.45, 2.75) is 4.95 Å². The van der Waals surface area contributed by atoms with Crippen LogP contribution in [0.1, 0.15) is 20.9 Å². The number of hydrogen-bond donors (Lipinski definition) is 1. The normalized spacial score (nSPS) is 19.6. The fourth-order valence-corrected chi connectivity index (χ4v) is 2.22. The van der Waals surface area contributed by atoms with Crippen LogP contribution in [0, 0.1) is 0 Å². The maximum Gasteiger partial charge on any atom is 0.415 e. The lowest BCUT2D eigenvalue weighted by molar-refractivity contribution is 0.0762. The van der Waals surface area contributed by atoms with Crippen LogP contribution in [0.15, 0.2) is 24.3 Å². The highest BCUT2D eigenvalue weighted by molar-refractivity contribution is 9.09. The summed E-state index contributed by atoms with van der Waals surface area (Å²) in [6.07, 6.45) is -1.24. The van der Waals surface area contributed by atoms with Crippen molar-refractivity contribution in [1.82, 2.24) is 4.90 Å². The fourth-order valence-electron chi connectivity index (χ4n) is 1.46. The molecule has 1 heterocycles.